The second kappa shape index (κ2) is 8.59. The van der Waals surface area contributed by atoms with Crippen molar-refractivity contribution in [3.8, 4) is 11.1 Å². The van der Waals surface area contributed by atoms with Crippen LogP contribution in [-0.2, 0) is 9.59 Å². The Balaban J connectivity index is 1.59. The molecule has 164 valence electrons. The van der Waals surface area contributed by atoms with Gasteiger partial charge in [0.05, 0.1) is 11.5 Å². The van der Waals surface area contributed by atoms with Crippen LogP contribution in [0.25, 0.3) is 11.1 Å². The second-order valence-electron chi connectivity index (χ2n) is 8.08. The Morgan fingerprint density at radius 3 is 2.47 bits per heavy atom. The van der Waals surface area contributed by atoms with E-state index in [0.717, 1.165) is 32.8 Å². The van der Waals surface area contributed by atoms with Gasteiger partial charge in [0, 0.05) is 29.1 Å². The molecule has 3 aromatic rings. The number of nitrogens with two attached hydrogens (primary N) is 1. The largest absolute Gasteiger partial charge is 0.365 e. The molecule has 0 spiro atoms. The van der Waals surface area contributed by atoms with E-state index in [0.29, 0.717) is 17.1 Å². The van der Waals surface area contributed by atoms with Crippen molar-refractivity contribution >= 4 is 39.7 Å². The van der Waals surface area contributed by atoms with Crippen LogP contribution in [-0.4, -0.2) is 24.3 Å². The summed E-state index contributed by atoms with van der Waals surface area (Å²) in [4.78, 5) is 40.7. The Labute approximate surface area is 191 Å². The summed E-state index contributed by atoms with van der Waals surface area (Å²) in [5, 5.41) is 3.31. The molecule has 4 rings (SSSR count). The molecule has 6 nitrogen and oxygen atoms in total. The van der Waals surface area contributed by atoms with Crippen LogP contribution < -0.4 is 16.0 Å². The number of nitrogens with one attached hydrogen (secondary N) is 1. The number of carbonyl (C=O) groups excluding carboxylic acids is 3. The van der Waals surface area contributed by atoms with Gasteiger partial charge in [-0.2, -0.15) is 0 Å². The standard InChI is InChI=1S/C25H25N3O3S/c1-14-8-7-11-19(15(14)2)28-13-18(12-20(28)29)24(31)27-25-22(23(26)30)21(16(3)32-25)17-9-5-4-6-10-17/h4-11,18H,12-13H2,1-3H3,(H2,26,30)(H,27,31). The molecular weight excluding hydrogens is 422 g/mol. The smallest absolute Gasteiger partial charge is 0.252 e. The normalized spacial score (nSPS) is 15.8. The number of hydrogen-bond acceptors (Lipinski definition) is 4. The first-order valence-corrected chi connectivity index (χ1v) is 11.3. The maximum absolute atomic E-state index is 13.1. The lowest BCUT2D eigenvalue weighted by Gasteiger charge is -2.20. The molecule has 1 saturated heterocycles. The maximum atomic E-state index is 13.1. The van der Waals surface area contributed by atoms with Gasteiger partial charge in [0.25, 0.3) is 5.91 Å². The third kappa shape index (κ3) is 3.91. The predicted octanol–water partition coefficient (Wildman–Crippen LogP) is 4.43. The number of aryl methyl sites for hydroxylation is 2. The minimum absolute atomic E-state index is 0.0821. The number of hydrogen-bond donors (Lipinski definition) is 2. The maximum Gasteiger partial charge on any atom is 0.252 e. The van der Waals surface area contributed by atoms with E-state index >= 15 is 0 Å². The van der Waals surface area contributed by atoms with Crippen molar-refractivity contribution in [3.05, 3.63) is 70.1 Å². The number of amides is 3. The molecule has 3 amide bonds. The van der Waals surface area contributed by atoms with E-state index in [2.05, 4.69) is 5.32 Å². The van der Waals surface area contributed by atoms with Gasteiger partial charge in [0.2, 0.25) is 11.8 Å². The highest BCUT2D eigenvalue weighted by atomic mass is 32.1. The Kier molecular flexibility index (Phi) is 5.84. The first-order valence-electron chi connectivity index (χ1n) is 10.4. The van der Waals surface area contributed by atoms with Gasteiger partial charge in [-0.3, -0.25) is 14.4 Å². The zero-order valence-corrected chi connectivity index (χ0v) is 19.1. The number of nitrogens with zero attached hydrogens (tertiary/aromatic N) is 1. The third-order valence-electron chi connectivity index (χ3n) is 5.99. The lowest BCUT2D eigenvalue weighted by molar-refractivity contribution is -0.122. The van der Waals surface area contributed by atoms with Crippen LogP contribution in [0.5, 0.6) is 0 Å². The summed E-state index contributed by atoms with van der Waals surface area (Å²) in [6, 6.07) is 15.3. The zero-order chi connectivity index (χ0) is 23.0. The molecule has 1 aliphatic heterocycles. The Morgan fingerprint density at radius 2 is 1.78 bits per heavy atom. The van der Waals surface area contributed by atoms with Crippen molar-refractivity contribution in [2.75, 3.05) is 16.8 Å². The molecule has 7 heteroatoms. The summed E-state index contributed by atoms with van der Waals surface area (Å²) in [7, 11) is 0. The summed E-state index contributed by atoms with van der Waals surface area (Å²) < 4.78 is 0. The summed E-state index contributed by atoms with van der Waals surface area (Å²) in [5.41, 5.74) is 10.6. The molecule has 2 heterocycles. The zero-order valence-electron chi connectivity index (χ0n) is 18.3. The van der Waals surface area contributed by atoms with Crippen LogP contribution in [0.3, 0.4) is 0 Å². The van der Waals surface area contributed by atoms with Gasteiger partial charge in [-0.05, 0) is 43.5 Å². The lowest BCUT2D eigenvalue weighted by atomic mass is 10.0. The average Bonchev–Trinajstić information content (AvgIpc) is 3.30. The molecule has 0 radical (unpaired) electrons. The molecule has 1 unspecified atom stereocenters. The van der Waals surface area contributed by atoms with E-state index < -0.39 is 11.8 Å². The molecule has 1 aromatic heterocycles. The Hall–Kier alpha value is -3.45. The quantitative estimate of drug-likeness (QED) is 0.606. The Morgan fingerprint density at radius 1 is 1.06 bits per heavy atom. The molecule has 2 aromatic carbocycles. The third-order valence-corrected chi connectivity index (χ3v) is 7.01. The van der Waals surface area contributed by atoms with Gasteiger partial charge in [-0.1, -0.05) is 42.5 Å². The number of thiophene rings is 1. The van der Waals surface area contributed by atoms with Crippen molar-refractivity contribution in [1.82, 2.24) is 0 Å². The van der Waals surface area contributed by atoms with Crippen molar-refractivity contribution in [2.24, 2.45) is 11.7 Å². The summed E-state index contributed by atoms with van der Waals surface area (Å²) >= 11 is 1.32. The average molecular weight is 448 g/mol. The molecule has 0 aliphatic carbocycles. The van der Waals surface area contributed by atoms with E-state index in [1.54, 1.807) is 4.90 Å². The summed E-state index contributed by atoms with van der Waals surface area (Å²) in [5.74, 6) is -1.47. The lowest BCUT2D eigenvalue weighted by Crippen LogP contribution is -2.29. The molecule has 32 heavy (non-hydrogen) atoms. The molecule has 1 aliphatic rings. The predicted molar refractivity (Wildman–Crippen MR) is 128 cm³/mol. The van der Waals surface area contributed by atoms with Gasteiger partial charge in [0.15, 0.2) is 0 Å². The highest BCUT2D eigenvalue weighted by molar-refractivity contribution is 7.17. The summed E-state index contributed by atoms with van der Waals surface area (Å²) in [6.07, 6.45) is 0.126. The minimum Gasteiger partial charge on any atom is -0.365 e. The van der Waals surface area contributed by atoms with Crippen LogP contribution in [0, 0.1) is 26.7 Å². The van der Waals surface area contributed by atoms with Gasteiger partial charge in [-0.15, -0.1) is 11.3 Å². The van der Waals surface area contributed by atoms with Crippen LogP contribution in [0.4, 0.5) is 10.7 Å². The van der Waals surface area contributed by atoms with E-state index in [1.807, 2.05) is 69.3 Å². The van der Waals surface area contributed by atoms with Crippen LogP contribution in [0.1, 0.15) is 32.8 Å². The van der Waals surface area contributed by atoms with Crippen molar-refractivity contribution in [2.45, 2.75) is 27.2 Å². The second-order valence-corrected chi connectivity index (χ2v) is 9.31. The molecule has 1 atom stereocenters. The number of rotatable bonds is 5. The van der Waals surface area contributed by atoms with Gasteiger partial charge < -0.3 is 16.0 Å². The Bertz CT molecular complexity index is 1220. The van der Waals surface area contributed by atoms with E-state index in [9.17, 15) is 14.4 Å². The SMILES string of the molecule is Cc1cccc(N2CC(C(=O)Nc3sc(C)c(-c4ccccc4)c3C(N)=O)CC2=O)c1C. The first-order chi connectivity index (χ1) is 15.3. The topological polar surface area (TPSA) is 92.5 Å². The van der Waals surface area contributed by atoms with Crippen LogP contribution >= 0.6 is 11.3 Å². The molecule has 1 fully saturated rings. The van der Waals surface area contributed by atoms with Gasteiger partial charge in [-0.25, -0.2) is 0 Å². The van der Waals surface area contributed by atoms with E-state index in [1.165, 1.54) is 11.3 Å². The van der Waals surface area contributed by atoms with Gasteiger partial charge in [0.1, 0.15) is 5.00 Å². The van der Waals surface area contributed by atoms with E-state index in [4.69, 9.17) is 5.73 Å². The minimum atomic E-state index is -0.594. The fourth-order valence-corrected chi connectivity index (χ4v) is 5.26. The van der Waals surface area contributed by atoms with Crippen LogP contribution in [0.15, 0.2) is 48.5 Å². The van der Waals surface area contributed by atoms with E-state index in [-0.39, 0.29) is 18.2 Å². The van der Waals surface area contributed by atoms with Crippen molar-refractivity contribution < 1.29 is 14.4 Å². The monoisotopic (exact) mass is 447 g/mol. The number of benzene rings is 2. The molecular formula is C25H25N3O3S. The fraction of sp³-hybridized carbons (Fsp3) is 0.240. The summed E-state index contributed by atoms with van der Waals surface area (Å²) in [6.45, 7) is 6.18. The fourth-order valence-electron chi connectivity index (χ4n) is 4.18. The van der Waals surface area contributed by atoms with Gasteiger partial charge >= 0.3 is 0 Å². The van der Waals surface area contributed by atoms with Crippen molar-refractivity contribution in [3.63, 3.8) is 0 Å². The number of primary amides is 1. The first kappa shape index (κ1) is 21.8. The highest BCUT2D eigenvalue weighted by Gasteiger charge is 2.36. The number of anilines is 2. The highest BCUT2D eigenvalue weighted by Crippen LogP contribution is 2.40. The molecule has 0 bridgehead atoms. The number of carbonyl (C=O) groups is 3. The van der Waals surface area contributed by atoms with Crippen LogP contribution in [0.2, 0.25) is 0 Å². The van der Waals surface area contributed by atoms with Crippen molar-refractivity contribution in [1.29, 1.82) is 0 Å². The molecule has 3 N–H and O–H groups in total. The molecule has 0 saturated carbocycles.